The predicted octanol–water partition coefficient (Wildman–Crippen LogP) is 2.99. The highest BCUT2D eigenvalue weighted by molar-refractivity contribution is 5.81. The lowest BCUT2D eigenvalue weighted by atomic mass is 10.1. The Kier molecular flexibility index (Phi) is 2.94. The fourth-order valence-electron chi connectivity index (χ4n) is 2.01. The van der Waals surface area contributed by atoms with E-state index in [-0.39, 0.29) is 11.4 Å². The fraction of sp³-hybridized carbons (Fsp3) is 0.0714. The molecule has 0 unspecified atom stereocenters. The van der Waals surface area contributed by atoms with E-state index in [9.17, 15) is 10.1 Å². The molecule has 1 aromatic heterocycles. The first-order chi connectivity index (χ1) is 10.1. The van der Waals surface area contributed by atoms with E-state index < -0.39 is 4.92 Å². The van der Waals surface area contributed by atoms with Crippen molar-refractivity contribution in [3.63, 3.8) is 0 Å². The highest BCUT2D eigenvalue weighted by Crippen LogP contribution is 2.32. The summed E-state index contributed by atoms with van der Waals surface area (Å²) in [6, 6.07) is 9.41. The Morgan fingerprint density at radius 1 is 1.29 bits per heavy atom. The zero-order chi connectivity index (χ0) is 15.0. The van der Waals surface area contributed by atoms with Gasteiger partial charge in [-0.1, -0.05) is 0 Å². The van der Waals surface area contributed by atoms with Crippen LogP contribution in [-0.4, -0.2) is 17.0 Å². The Morgan fingerprint density at radius 3 is 2.76 bits per heavy atom. The number of hydrogen-bond donors (Lipinski definition) is 1. The number of hydrogen-bond acceptors (Lipinski definition) is 6. The number of fused-ring (bicyclic) bond motifs is 1. The average molecular weight is 285 g/mol. The second-order valence-corrected chi connectivity index (χ2v) is 4.38. The Balaban J connectivity index is 2.09. The van der Waals surface area contributed by atoms with Gasteiger partial charge in [-0.3, -0.25) is 10.1 Å². The standard InChI is InChI=1S/C14H11N3O4/c1-20-9-3-5-13-12(7-9)16-14(21-13)10-4-2-8(17(18)19)6-11(10)15/h2-7H,15H2,1H3. The molecule has 1 heterocycles. The van der Waals surface area contributed by atoms with Crippen LogP contribution < -0.4 is 10.5 Å². The summed E-state index contributed by atoms with van der Waals surface area (Å²) in [4.78, 5) is 14.5. The molecule has 0 saturated heterocycles. The molecule has 7 nitrogen and oxygen atoms in total. The molecular weight excluding hydrogens is 274 g/mol. The van der Waals surface area contributed by atoms with Gasteiger partial charge in [-0.05, 0) is 18.2 Å². The number of nitro benzene ring substituents is 1. The molecule has 2 aromatic carbocycles. The van der Waals surface area contributed by atoms with Crippen LogP contribution in [-0.2, 0) is 0 Å². The molecule has 0 aliphatic rings. The van der Waals surface area contributed by atoms with Crippen LogP contribution in [0.15, 0.2) is 40.8 Å². The molecule has 0 spiro atoms. The van der Waals surface area contributed by atoms with Crippen LogP contribution in [0.5, 0.6) is 5.75 Å². The van der Waals surface area contributed by atoms with Crippen molar-refractivity contribution in [1.82, 2.24) is 4.98 Å². The molecule has 106 valence electrons. The van der Waals surface area contributed by atoms with E-state index in [0.717, 1.165) is 0 Å². The second-order valence-electron chi connectivity index (χ2n) is 4.38. The number of nitrogens with two attached hydrogens (primary N) is 1. The van der Waals surface area contributed by atoms with Gasteiger partial charge in [0.15, 0.2) is 5.58 Å². The number of non-ortho nitro benzene ring substituents is 1. The van der Waals surface area contributed by atoms with Gasteiger partial charge in [0.2, 0.25) is 5.89 Å². The summed E-state index contributed by atoms with van der Waals surface area (Å²) < 4.78 is 10.7. The lowest BCUT2D eigenvalue weighted by Gasteiger charge is -2.00. The molecule has 7 heteroatoms. The van der Waals surface area contributed by atoms with E-state index in [1.807, 2.05) is 0 Å². The van der Waals surface area contributed by atoms with Gasteiger partial charge in [0.1, 0.15) is 11.3 Å². The predicted molar refractivity (Wildman–Crippen MR) is 77.1 cm³/mol. The molecule has 0 aliphatic heterocycles. The summed E-state index contributed by atoms with van der Waals surface area (Å²) in [6.45, 7) is 0. The topological polar surface area (TPSA) is 104 Å². The van der Waals surface area contributed by atoms with Crippen LogP contribution in [0.3, 0.4) is 0 Å². The zero-order valence-electron chi connectivity index (χ0n) is 11.1. The van der Waals surface area contributed by atoms with Gasteiger partial charge in [0.25, 0.3) is 5.69 Å². The van der Waals surface area contributed by atoms with E-state index in [0.29, 0.717) is 28.3 Å². The van der Waals surface area contributed by atoms with Crippen LogP contribution in [0.2, 0.25) is 0 Å². The van der Waals surface area contributed by atoms with E-state index in [2.05, 4.69) is 4.98 Å². The molecule has 0 radical (unpaired) electrons. The number of nitrogens with zero attached hydrogens (tertiary/aromatic N) is 2. The maximum absolute atomic E-state index is 10.7. The normalized spacial score (nSPS) is 10.7. The van der Waals surface area contributed by atoms with Crippen molar-refractivity contribution in [2.24, 2.45) is 0 Å². The molecule has 0 atom stereocenters. The second kappa shape index (κ2) is 4.78. The van der Waals surface area contributed by atoms with Crippen LogP contribution in [0.25, 0.3) is 22.6 Å². The zero-order valence-corrected chi connectivity index (χ0v) is 11.1. The van der Waals surface area contributed by atoms with Crippen molar-refractivity contribution in [2.45, 2.75) is 0 Å². The van der Waals surface area contributed by atoms with Crippen LogP contribution in [0.1, 0.15) is 0 Å². The van der Waals surface area contributed by atoms with Crippen molar-refractivity contribution in [2.75, 3.05) is 12.8 Å². The number of oxazole rings is 1. The van der Waals surface area contributed by atoms with Gasteiger partial charge in [-0.15, -0.1) is 0 Å². The monoisotopic (exact) mass is 285 g/mol. The Hall–Kier alpha value is -3.09. The molecular formula is C14H11N3O4. The minimum absolute atomic E-state index is 0.0750. The fourth-order valence-corrected chi connectivity index (χ4v) is 2.01. The van der Waals surface area contributed by atoms with E-state index in [4.69, 9.17) is 14.9 Å². The van der Waals surface area contributed by atoms with Gasteiger partial charge in [0.05, 0.1) is 23.3 Å². The molecule has 3 aromatic rings. The molecule has 0 saturated carbocycles. The van der Waals surface area contributed by atoms with Gasteiger partial charge < -0.3 is 14.9 Å². The third kappa shape index (κ3) is 2.25. The molecule has 21 heavy (non-hydrogen) atoms. The third-order valence-corrected chi connectivity index (χ3v) is 3.07. The number of nitrogen functional groups attached to an aromatic ring is 1. The van der Waals surface area contributed by atoms with Crippen molar-refractivity contribution in [3.8, 4) is 17.2 Å². The van der Waals surface area contributed by atoms with Gasteiger partial charge in [0, 0.05) is 18.2 Å². The Bertz CT molecular complexity index is 841. The summed E-state index contributed by atoms with van der Waals surface area (Å²) in [5.41, 5.74) is 7.73. The lowest BCUT2D eigenvalue weighted by Crippen LogP contribution is -1.94. The average Bonchev–Trinajstić information content (AvgIpc) is 2.89. The SMILES string of the molecule is COc1ccc2oc(-c3ccc([N+](=O)[O-])cc3N)nc2c1. The quantitative estimate of drug-likeness (QED) is 0.450. The maximum Gasteiger partial charge on any atom is 0.271 e. The summed E-state index contributed by atoms with van der Waals surface area (Å²) in [5, 5.41) is 10.7. The summed E-state index contributed by atoms with van der Waals surface area (Å²) in [7, 11) is 1.57. The van der Waals surface area contributed by atoms with Crippen LogP contribution in [0, 0.1) is 10.1 Å². The number of methoxy groups -OCH3 is 1. The summed E-state index contributed by atoms with van der Waals surface area (Å²) in [6.07, 6.45) is 0. The van der Waals surface area contributed by atoms with Crippen molar-refractivity contribution in [1.29, 1.82) is 0 Å². The molecule has 2 N–H and O–H groups in total. The van der Waals surface area contributed by atoms with E-state index >= 15 is 0 Å². The van der Waals surface area contributed by atoms with Crippen molar-refractivity contribution in [3.05, 3.63) is 46.5 Å². The van der Waals surface area contributed by atoms with E-state index in [1.54, 1.807) is 25.3 Å². The number of rotatable bonds is 3. The number of aromatic nitrogens is 1. The first-order valence-corrected chi connectivity index (χ1v) is 6.07. The number of benzene rings is 2. The first kappa shape index (κ1) is 12.9. The molecule has 0 aliphatic carbocycles. The first-order valence-electron chi connectivity index (χ1n) is 6.07. The number of nitro groups is 1. The lowest BCUT2D eigenvalue weighted by molar-refractivity contribution is -0.384. The Labute approximate surface area is 119 Å². The van der Waals surface area contributed by atoms with Crippen molar-refractivity contribution >= 4 is 22.5 Å². The molecule has 0 bridgehead atoms. The molecule has 3 rings (SSSR count). The van der Waals surface area contributed by atoms with Gasteiger partial charge in [-0.25, -0.2) is 4.98 Å². The maximum atomic E-state index is 10.7. The molecule has 0 fully saturated rings. The van der Waals surface area contributed by atoms with Crippen LogP contribution >= 0.6 is 0 Å². The highest BCUT2D eigenvalue weighted by Gasteiger charge is 2.15. The van der Waals surface area contributed by atoms with Crippen LogP contribution in [0.4, 0.5) is 11.4 Å². The third-order valence-electron chi connectivity index (χ3n) is 3.07. The summed E-state index contributed by atoms with van der Waals surface area (Å²) >= 11 is 0. The number of ether oxygens (including phenoxy) is 1. The Morgan fingerprint density at radius 2 is 2.10 bits per heavy atom. The minimum atomic E-state index is -0.503. The highest BCUT2D eigenvalue weighted by atomic mass is 16.6. The number of anilines is 1. The smallest absolute Gasteiger partial charge is 0.271 e. The largest absolute Gasteiger partial charge is 0.497 e. The van der Waals surface area contributed by atoms with Crippen molar-refractivity contribution < 1.29 is 14.1 Å². The van der Waals surface area contributed by atoms with E-state index in [1.165, 1.54) is 18.2 Å². The molecule has 0 amide bonds. The minimum Gasteiger partial charge on any atom is -0.497 e. The van der Waals surface area contributed by atoms with Gasteiger partial charge >= 0.3 is 0 Å². The van der Waals surface area contributed by atoms with Gasteiger partial charge in [-0.2, -0.15) is 0 Å². The summed E-state index contributed by atoms with van der Waals surface area (Å²) in [5.74, 6) is 0.977.